The van der Waals surface area contributed by atoms with Crippen molar-refractivity contribution in [1.29, 1.82) is 0 Å². The summed E-state index contributed by atoms with van der Waals surface area (Å²) in [6.07, 6.45) is 3.65. The molecule has 3 aromatic rings. The Morgan fingerprint density at radius 1 is 1.05 bits per heavy atom. The van der Waals surface area contributed by atoms with Crippen LogP contribution in [0.25, 0.3) is 16.6 Å². The molecule has 0 aliphatic carbocycles. The highest BCUT2D eigenvalue weighted by atomic mass is 16.1. The first-order valence-electron chi connectivity index (χ1n) is 7.18. The SMILES string of the molecule is CC.Cc1cc2cnn(-c3ccc(=O)n(C)c3)c2cc1C. The summed E-state index contributed by atoms with van der Waals surface area (Å²) in [6.45, 7) is 8.19. The fourth-order valence-electron chi connectivity index (χ4n) is 2.20. The first-order chi connectivity index (χ1) is 10.1. The van der Waals surface area contributed by atoms with Crippen molar-refractivity contribution in [3.05, 3.63) is 58.1 Å². The van der Waals surface area contributed by atoms with Crippen molar-refractivity contribution < 1.29 is 0 Å². The van der Waals surface area contributed by atoms with E-state index in [-0.39, 0.29) is 5.56 Å². The predicted octanol–water partition coefficient (Wildman–Crippen LogP) is 3.37. The largest absolute Gasteiger partial charge is 0.316 e. The summed E-state index contributed by atoms with van der Waals surface area (Å²) in [4.78, 5) is 11.4. The van der Waals surface area contributed by atoms with Gasteiger partial charge in [0, 0.05) is 24.7 Å². The van der Waals surface area contributed by atoms with E-state index in [0.29, 0.717) is 0 Å². The van der Waals surface area contributed by atoms with Gasteiger partial charge in [-0.25, -0.2) is 4.68 Å². The van der Waals surface area contributed by atoms with Gasteiger partial charge >= 0.3 is 0 Å². The summed E-state index contributed by atoms with van der Waals surface area (Å²) in [5.74, 6) is 0. The molecule has 1 aromatic carbocycles. The van der Waals surface area contributed by atoms with E-state index in [4.69, 9.17) is 0 Å². The second-order valence-electron chi connectivity index (χ2n) is 4.89. The van der Waals surface area contributed by atoms with E-state index in [2.05, 4.69) is 31.1 Å². The number of nitrogens with zero attached hydrogens (tertiary/aromatic N) is 3. The zero-order valence-electron chi connectivity index (χ0n) is 13.2. The zero-order chi connectivity index (χ0) is 15.6. The van der Waals surface area contributed by atoms with Crippen molar-refractivity contribution in [2.45, 2.75) is 27.7 Å². The molecule has 0 N–H and O–H groups in total. The molecule has 0 fully saturated rings. The average molecular weight is 283 g/mol. The van der Waals surface area contributed by atoms with E-state index in [1.165, 1.54) is 11.1 Å². The maximum absolute atomic E-state index is 11.4. The Labute approximate surface area is 124 Å². The highest BCUT2D eigenvalue weighted by Crippen LogP contribution is 2.21. The van der Waals surface area contributed by atoms with Crippen LogP contribution in [0, 0.1) is 13.8 Å². The average Bonchev–Trinajstić information content (AvgIpc) is 2.87. The van der Waals surface area contributed by atoms with Crippen molar-refractivity contribution in [3.8, 4) is 5.69 Å². The Balaban J connectivity index is 0.000000774. The molecule has 21 heavy (non-hydrogen) atoms. The maximum atomic E-state index is 11.4. The molecule has 0 amide bonds. The van der Waals surface area contributed by atoms with Crippen molar-refractivity contribution in [1.82, 2.24) is 14.3 Å². The second kappa shape index (κ2) is 5.95. The molecule has 110 valence electrons. The molecule has 4 nitrogen and oxygen atoms in total. The Hall–Kier alpha value is -2.36. The zero-order valence-corrected chi connectivity index (χ0v) is 13.2. The molecule has 2 heterocycles. The van der Waals surface area contributed by atoms with Gasteiger partial charge in [0.15, 0.2) is 0 Å². The Bertz CT molecular complexity index is 828. The number of hydrogen-bond donors (Lipinski definition) is 0. The maximum Gasteiger partial charge on any atom is 0.250 e. The lowest BCUT2D eigenvalue weighted by Gasteiger charge is -2.06. The van der Waals surface area contributed by atoms with Crippen molar-refractivity contribution in [2.75, 3.05) is 0 Å². The molecule has 0 radical (unpaired) electrons. The molecule has 4 heteroatoms. The molecule has 0 saturated heterocycles. The van der Waals surface area contributed by atoms with Gasteiger partial charge in [-0.15, -0.1) is 0 Å². The molecule has 0 aliphatic rings. The van der Waals surface area contributed by atoms with E-state index in [9.17, 15) is 4.79 Å². The third kappa shape index (κ3) is 2.75. The highest BCUT2D eigenvalue weighted by molar-refractivity contribution is 5.81. The van der Waals surface area contributed by atoms with Crippen LogP contribution in [0.4, 0.5) is 0 Å². The van der Waals surface area contributed by atoms with Gasteiger partial charge in [0.05, 0.1) is 17.4 Å². The van der Waals surface area contributed by atoms with E-state index < -0.39 is 0 Å². The molecule has 2 aromatic heterocycles. The number of pyridine rings is 1. The summed E-state index contributed by atoms with van der Waals surface area (Å²) < 4.78 is 3.42. The Morgan fingerprint density at radius 2 is 1.71 bits per heavy atom. The van der Waals surface area contributed by atoms with Gasteiger partial charge in [-0.2, -0.15) is 5.10 Å². The Morgan fingerprint density at radius 3 is 2.38 bits per heavy atom. The number of fused-ring (bicyclic) bond motifs is 1. The van der Waals surface area contributed by atoms with Crippen LogP contribution in [0.15, 0.2) is 41.5 Å². The van der Waals surface area contributed by atoms with Gasteiger partial charge in [-0.05, 0) is 43.2 Å². The van der Waals surface area contributed by atoms with Crippen LogP contribution in [0.2, 0.25) is 0 Å². The van der Waals surface area contributed by atoms with Gasteiger partial charge in [0.1, 0.15) is 0 Å². The van der Waals surface area contributed by atoms with Gasteiger partial charge in [0.25, 0.3) is 0 Å². The van der Waals surface area contributed by atoms with Crippen LogP contribution in [-0.4, -0.2) is 14.3 Å². The van der Waals surface area contributed by atoms with Crippen molar-refractivity contribution >= 4 is 10.9 Å². The summed E-state index contributed by atoms with van der Waals surface area (Å²) in [5, 5.41) is 5.53. The predicted molar refractivity (Wildman–Crippen MR) is 87.1 cm³/mol. The number of benzene rings is 1. The van der Waals surface area contributed by atoms with E-state index in [0.717, 1.165) is 16.6 Å². The van der Waals surface area contributed by atoms with E-state index in [1.54, 1.807) is 29.9 Å². The van der Waals surface area contributed by atoms with Gasteiger partial charge in [-0.1, -0.05) is 13.8 Å². The summed E-state index contributed by atoms with van der Waals surface area (Å²) in [5.41, 5.74) is 4.42. The minimum absolute atomic E-state index is 0.0211. The van der Waals surface area contributed by atoms with E-state index >= 15 is 0 Å². The van der Waals surface area contributed by atoms with Crippen LogP contribution in [0.1, 0.15) is 25.0 Å². The lowest BCUT2D eigenvalue weighted by molar-refractivity contribution is 0.822. The van der Waals surface area contributed by atoms with Crippen molar-refractivity contribution in [3.63, 3.8) is 0 Å². The summed E-state index contributed by atoms with van der Waals surface area (Å²) in [6, 6.07) is 7.62. The van der Waals surface area contributed by atoms with Crippen LogP contribution < -0.4 is 5.56 Å². The topological polar surface area (TPSA) is 39.8 Å². The summed E-state index contributed by atoms with van der Waals surface area (Å²) in [7, 11) is 1.74. The lowest BCUT2D eigenvalue weighted by Crippen LogP contribution is -2.15. The first kappa shape index (κ1) is 15.0. The van der Waals surface area contributed by atoms with Crippen molar-refractivity contribution in [2.24, 2.45) is 7.05 Å². The normalized spacial score (nSPS) is 10.3. The number of rotatable bonds is 1. The molecular weight excluding hydrogens is 262 g/mol. The Kier molecular flexibility index (Phi) is 4.26. The monoisotopic (exact) mass is 283 g/mol. The molecule has 0 bridgehead atoms. The fourth-order valence-corrected chi connectivity index (χ4v) is 2.20. The van der Waals surface area contributed by atoms with Gasteiger partial charge < -0.3 is 4.57 Å². The van der Waals surface area contributed by atoms with Gasteiger partial charge in [0.2, 0.25) is 5.56 Å². The molecule has 0 atom stereocenters. The standard InChI is InChI=1S/C15H15N3O.C2H6/c1-10-6-12-8-16-18(14(12)7-11(10)2)13-4-5-15(19)17(3)9-13;1-2/h4-9H,1-3H3;1-2H3. The molecule has 0 saturated carbocycles. The molecule has 0 spiro atoms. The number of aryl methyl sites for hydroxylation is 3. The molecular formula is C17H21N3O. The molecule has 3 rings (SSSR count). The second-order valence-corrected chi connectivity index (χ2v) is 4.89. The van der Waals surface area contributed by atoms with Gasteiger partial charge in [-0.3, -0.25) is 4.79 Å². The number of aromatic nitrogens is 3. The third-order valence-corrected chi connectivity index (χ3v) is 3.50. The lowest BCUT2D eigenvalue weighted by atomic mass is 10.1. The minimum Gasteiger partial charge on any atom is -0.316 e. The molecule has 0 aliphatic heterocycles. The highest BCUT2D eigenvalue weighted by Gasteiger charge is 2.07. The van der Waals surface area contributed by atoms with Crippen LogP contribution in [0.5, 0.6) is 0 Å². The third-order valence-electron chi connectivity index (χ3n) is 3.50. The first-order valence-corrected chi connectivity index (χ1v) is 7.18. The minimum atomic E-state index is -0.0211. The number of hydrogen-bond acceptors (Lipinski definition) is 2. The smallest absolute Gasteiger partial charge is 0.250 e. The quantitative estimate of drug-likeness (QED) is 0.687. The van der Waals surface area contributed by atoms with Crippen LogP contribution in [0.3, 0.4) is 0 Å². The van der Waals surface area contributed by atoms with Crippen LogP contribution in [-0.2, 0) is 7.05 Å². The summed E-state index contributed by atoms with van der Waals surface area (Å²) >= 11 is 0. The van der Waals surface area contributed by atoms with E-state index in [1.807, 2.05) is 24.7 Å². The van der Waals surface area contributed by atoms with Crippen LogP contribution >= 0.6 is 0 Å². The molecule has 0 unspecified atom stereocenters. The fraction of sp³-hybridized carbons (Fsp3) is 0.294.